The Hall–Kier alpha value is -1.49. The van der Waals surface area contributed by atoms with Crippen molar-refractivity contribution in [1.29, 1.82) is 0 Å². The average molecular weight is 269 g/mol. The molecule has 1 heterocycles. The molecule has 0 radical (unpaired) electrons. The van der Waals surface area contributed by atoms with Crippen LogP contribution in [0, 0.1) is 5.82 Å². The lowest BCUT2D eigenvalue weighted by atomic mass is 10.3. The molecule has 1 aromatic carbocycles. The molecule has 15 heavy (non-hydrogen) atoms. The Labute approximate surface area is 93.3 Å². The molecule has 0 atom stereocenters. The molecular formula is C10H6BrFN2O. The molecule has 2 rings (SSSR count). The third-order valence-electron chi connectivity index (χ3n) is 1.84. The molecule has 0 saturated heterocycles. The third kappa shape index (κ3) is 2.12. The molecule has 0 bridgehead atoms. The Morgan fingerprint density at radius 3 is 2.53 bits per heavy atom. The van der Waals surface area contributed by atoms with E-state index in [4.69, 9.17) is 0 Å². The van der Waals surface area contributed by atoms with Crippen molar-refractivity contribution in [1.82, 2.24) is 9.78 Å². The van der Waals surface area contributed by atoms with Crippen molar-refractivity contribution in [2.75, 3.05) is 0 Å². The van der Waals surface area contributed by atoms with Gasteiger partial charge in [-0.1, -0.05) is 0 Å². The Morgan fingerprint density at radius 1 is 1.27 bits per heavy atom. The fraction of sp³-hybridized carbons (Fsp3) is 0. The second kappa shape index (κ2) is 3.94. The maximum Gasteiger partial charge on any atom is 0.272 e. The molecule has 0 aliphatic heterocycles. The van der Waals surface area contributed by atoms with Gasteiger partial charge in [0.05, 0.1) is 11.9 Å². The number of hydrogen-bond donors (Lipinski definition) is 0. The highest BCUT2D eigenvalue weighted by atomic mass is 79.9. The van der Waals surface area contributed by atoms with E-state index in [2.05, 4.69) is 21.0 Å². The first-order valence-electron chi connectivity index (χ1n) is 4.17. The largest absolute Gasteiger partial charge is 0.272 e. The summed E-state index contributed by atoms with van der Waals surface area (Å²) >= 11 is 3.14. The van der Waals surface area contributed by atoms with Gasteiger partial charge in [-0.15, -0.1) is 0 Å². The number of rotatable bonds is 1. The Bertz CT molecular complexity index is 536. The van der Waals surface area contributed by atoms with Gasteiger partial charge in [-0.3, -0.25) is 4.79 Å². The number of hydrogen-bond acceptors (Lipinski definition) is 2. The summed E-state index contributed by atoms with van der Waals surface area (Å²) in [4.78, 5) is 11.5. The van der Waals surface area contributed by atoms with Gasteiger partial charge in [0.2, 0.25) is 0 Å². The van der Waals surface area contributed by atoms with Crippen LogP contribution in [0.1, 0.15) is 0 Å². The highest BCUT2D eigenvalue weighted by Gasteiger charge is 2.01. The highest BCUT2D eigenvalue weighted by molar-refractivity contribution is 9.10. The van der Waals surface area contributed by atoms with E-state index in [-0.39, 0.29) is 11.4 Å². The molecule has 1 aromatic heterocycles. The Kier molecular flexibility index (Phi) is 2.64. The normalized spacial score (nSPS) is 10.3. The lowest BCUT2D eigenvalue weighted by Crippen LogP contribution is -2.19. The summed E-state index contributed by atoms with van der Waals surface area (Å²) in [7, 11) is 0. The van der Waals surface area contributed by atoms with Crippen molar-refractivity contribution >= 4 is 15.9 Å². The van der Waals surface area contributed by atoms with Crippen molar-refractivity contribution < 1.29 is 4.39 Å². The van der Waals surface area contributed by atoms with E-state index >= 15 is 0 Å². The minimum Gasteiger partial charge on any atom is -0.267 e. The standard InChI is InChI=1S/C10H6BrFN2O/c11-7-5-10(15)14(13-6-7)9-3-1-8(12)2-4-9/h1-6H. The summed E-state index contributed by atoms with van der Waals surface area (Å²) in [5.41, 5.74) is 0.268. The van der Waals surface area contributed by atoms with Crippen LogP contribution in [0.5, 0.6) is 0 Å². The molecule has 76 valence electrons. The molecule has 2 aromatic rings. The van der Waals surface area contributed by atoms with Gasteiger partial charge >= 0.3 is 0 Å². The van der Waals surface area contributed by atoms with Gasteiger partial charge in [-0.25, -0.2) is 4.39 Å². The van der Waals surface area contributed by atoms with Gasteiger partial charge in [0.1, 0.15) is 5.82 Å². The monoisotopic (exact) mass is 268 g/mol. The smallest absolute Gasteiger partial charge is 0.267 e. The van der Waals surface area contributed by atoms with Crippen LogP contribution in [0.2, 0.25) is 0 Å². The minimum atomic E-state index is -0.344. The van der Waals surface area contributed by atoms with E-state index in [0.29, 0.717) is 10.2 Å². The zero-order chi connectivity index (χ0) is 10.8. The van der Waals surface area contributed by atoms with E-state index in [1.807, 2.05) is 0 Å². The van der Waals surface area contributed by atoms with Gasteiger partial charge < -0.3 is 0 Å². The van der Waals surface area contributed by atoms with Crippen molar-refractivity contribution in [3.63, 3.8) is 0 Å². The van der Waals surface area contributed by atoms with Crippen LogP contribution in [0.15, 0.2) is 45.8 Å². The molecule has 5 heteroatoms. The minimum absolute atomic E-state index is 0.268. The first-order valence-corrected chi connectivity index (χ1v) is 4.97. The summed E-state index contributed by atoms with van der Waals surface area (Å²) in [6.45, 7) is 0. The van der Waals surface area contributed by atoms with Crippen molar-refractivity contribution in [3.05, 3.63) is 57.2 Å². The SMILES string of the molecule is O=c1cc(Br)cnn1-c1ccc(F)cc1. The van der Waals surface area contributed by atoms with Crippen LogP contribution in [0.3, 0.4) is 0 Å². The number of nitrogens with zero attached hydrogens (tertiary/aromatic N) is 2. The Morgan fingerprint density at radius 2 is 1.93 bits per heavy atom. The quantitative estimate of drug-likeness (QED) is 0.794. The highest BCUT2D eigenvalue weighted by Crippen LogP contribution is 2.07. The third-order valence-corrected chi connectivity index (χ3v) is 2.27. The van der Waals surface area contributed by atoms with Crippen LogP contribution in [0.4, 0.5) is 4.39 Å². The predicted molar refractivity (Wildman–Crippen MR) is 57.5 cm³/mol. The van der Waals surface area contributed by atoms with E-state index in [0.717, 1.165) is 0 Å². The number of halogens is 2. The molecule has 0 aliphatic carbocycles. The van der Waals surface area contributed by atoms with E-state index < -0.39 is 0 Å². The van der Waals surface area contributed by atoms with Crippen LogP contribution in [-0.4, -0.2) is 9.78 Å². The lowest BCUT2D eigenvalue weighted by Gasteiger charge is -2.02. The molecule has 0 N–H and O–H groups in total. The molecule has 3 nitrogen and oxygen atoms in total. The van der Waals surface area contributed by atoms with Gasteiger partial charge in [-0.2, -0.15) is 9.78 Å². The summed E-state index contributed by atoms with van der Waals surface area (Å²) < 4.78 is 14.5. The maximum absolute atomic E-state index is 12.7. The lowest BCUT2D eigenvalue weighted by molar-refractivity contribution is 0.626. The summed E-state index contributed by atoms with van der Waals surface area (Å²) in [5, 5.41) is 3.91. The predicted octanol–water partition coefficient (Wildman–Crippen LogP) is 2.13. The van der Waals surface area contributed by atoms with Gasteiger partial charge in [0.15, 0.2) is 0 Å². The molecule has 0 spiro atoms. The van der Waals surface area contributed by atoms with Crippen LogP contribution in [-0.2, 0) is 0 Å². The average Bonchev–Trinajstić information content (AvgIpc) is 2.20. The van der Waals surface area contributed by atoms with Gasteiger partial charge in [-0.05, 0) is 40.2 Å². The molecule has 0 aliphatic rings. The van der Waals surface area contributed by atoms with E-state index in [1.165, 1.54) is 41.2 Å². The molecular weight excluding hydrogens is 263 g/mol. The molecule has 0 amide bonds. The van der Waals surface area contributed by atoms with Crippen molar-refractivity contribution in [2.45, 2.75) is 0 Å². The zero-order valence-electron chi connectivity index (χ0n) is 7.52. The number of benzene rings is 1. The number of aromatic nitrogens is 2. The van der Waals surface area contributed by atoms with Gasteiger partial charge in [0, 0.05) is 10.5 Å². The van der Waals surface area contributed by atoms with Crippen LogP contribution >= 0.6 is 15.9 Å². The van der Waals surface area contributed by atoms with E-state index in [9.17, 15) is 9.18 Å². The molecule has 0 saturated carbocycles. The fourth-order valence-corrected chi connectivity index (χ4v) is 1.45. The van der Waals surface area contributed by atoms with E-state index in [1.54, 1.807) is 0 Å². The fourth-order valence-electron chi connectivity index (χ4n) is 1.16. The van der Waals surface area contributed by atoms with Crippen molar-refractivity contribution in [2.24, 2.45) is 0 Å². The Balaban J connectivity index is 2.55. The van der Waals surface area contributed by atoms with Crippen LogP contribution < -0.4 is 5.56 Å². The molecule has 0 unspecified atom stereocenters. The second-order valence-electron chi connectivity index (χ2n) is 2.90. The molecule has 0 fully saturated rings. The van der Waals surface area contributed by atoms with Crippen molar-refractivity contribution in [3.8, 4) is 5.69 Å². The maximum atomic E-state index is 12.7. The first-order chi connectivity index (χ1) is 7.16. The second-order valence-corrected chi connectivity index (χ2v) is 3.82. The summed E-state index contributed by atoms with van der Waals surface area (Å²) in [6.07, 6.45) is 1.50. The first kappa shape index (κ1) is 10.0. The topological polar surface area (TPSA) is 34.9 Å². The van der Waals surface area contributed by atoms with Crippen LogP contribution in [0.25, 0.3) is 5.69 Å². The van der Waals surface area contributed by atoms with Gasteiger partial charge in [0.25, 0.3) is 5.56 Å². The summed E-state index contributed by atoms with van der Waals surface area (Å²) in [6, 6.07) is 6.96. The zero-order valence-corrected chi connectivity index (χ0v) is 9.11. The summed E-state index contributed by atoms with van der Waals surface area (Å²) in [5.74, 6) is -0.344.